The van der Waals surface area contributed by atoms with E-state index in [1.165, 1.54) is 0 Å². The molecule has 1 aromatic carbocycles. The van der Waals surface area contributed by atoms with Crippen molar-refractivity contribution in [2.75, 3.05) is 6.61 Å². The molecule has 0 saturated carbocycles. The van der Waals surface area contributed by atoms with Crippen molar-refractivity contribution in [3.8, 4) is 0 Å². The molecule has 2 rings (SSSR count). The molecule has 1 saturated heterocycles. The first-order valence-electron chi connectivity index (χ1n) is 5.45. The van der Waals surface area contributed by atoms with Crippen LogP contribution in [0.1, 0.15) is 12.5 Å². The Morgan fingerprint density at radius 2 is 2.06 bits per heavy atom. The molecule has 0 radical (unpaired) electrons. The van der Waals surface area contributed by atoms with Crippen LogP contribution < -0.4 is 5.73 Å². The molecule has 0 spiro atoms. The fraction of sp³-hybridized carbons (Fsp3) is 0.385. The summed E-state index contributed by atoms with van der Waals surface area (Å²) >= 11 is 0. The zero-order chi connectivity index (χ0) is 11.5. The third-order valence-electron chi connectivity index (χ3n) is 2.81. The standard InChI is InChI=1S/C13H17NO2/c1-9(11-6-4-3-5-7-11)13-15-8-12(14)10(2)16-13/h3-7,10,12-13H,1,8,14H2,2H3/t10-,12+,13+/m0/s1. The van der Waals surface area contributed by atoms with Gasteiger partial charge in [0.2, 0.25) is 0 Å². The van der Waals surface area contributed by atoms with Crippen LogP contribution in [0.2, 0.25) is 0 Å². The molecule has 2 N–H and O–H groups in total. The Hall–Kier alpha value is -1.16. The van der Waals surface area contributed by atoms with E-state index in [2.05, 4.69) is 6.58 Å². The number of nitrogens with two attached hydrogens (primary N) is 1. The molecule has 86 valence electrons. The van der Waals surface area contributed by atoms with Gasteiger partial charge in [-0.1, -0.05) is 36.9 Å². The summed E-state index contributed by atoms with van der Waals surface area (Å²) in [6, 6.07) is 9.84. The van der Waals surface area contributed by atoms with Crippen LogP contribution >= 0.6 is 0 Å². The zero-order valence-electron chi connectivity index (χ0n) is 9.43. The molecule has 16 heavy (non-hydrogen) atoms. The van der Waals surface area contributed by atoms with E-state index < -0.39 is 0 Å². The number of hydrogen-bond donors (Lipinski definition) is 1. The number of benzene rings is 1. The quantitative estimate of drug-likeness (QED) is 0.824. The molecule has 1 heterocycles. The second kappa shape index (κ2) is 4.78. The minimum Gasteiger partial charge on any atom is -0.347 e. The van der Waals surface area contributed by atoms with Gasteiger partial charge in [0.15, 0.2) is 6.29 Å². The normalized spacial score (nSPS) is 30.0. The fourth-order valence-electron chi connectivity index (χ4n) is 1.64. The third-order valence-corrected chi connectivity index (χ3v) is 2.81. The van der Waals surface area contributed by atoms with Crippen molar-refractivity contribution in [1.82, 2.24) is 0 Å². The first kappa shape index (κ1) is 11.3. The van der Waals surface area contributed by atoms with Crippen LogP contribution in [0.5, 0.6) is 0 Å². The second-order valence-corrected chi connectivity index (χ2v) is 4.06. The lowest BCUT2D eigenvalue weighted by atomic mass is 10.1. The zero-order valence-corrected chi connectivity index (χ0v) is 9.43. The lowest BCUT2D eigenvalue weighted by molar-refractivity contribution is -0.183. The molecule has 0 unspecified atom stereocenters. The maximum absolute atomic E-state index is 5.80. The maximum atomic E-state index is 5.80. The predicted molar refractivity (Wildman–Crippen MR) is 63.7 cm³/mol. The predicted octanol–water partition coefficient (Wildman–Crippen LogP) is 1.79. The van der Waals surface area contributed by atoms with Crippen molar-refractivity contribution in [1.29, 1.82) is 0 Å². The van der Waals surface area contributed by atoms with Gasteiger partial charge in [-0.05, 0) is 12.5 Å². The molecule has 3 nitrogen and oxygen atoms in total. The van der Waals surface area contributed by atoms with Crippen LogP contribution in [0.25, 0.3) is 5.57 Å². The van der Waals surface area contributed by atoms with E-state index in [0.717, 1.165) is 11.1 Å². The molecule has 1 aliphatic rings. The Morgan fingerprint density at radius 1 is 1.38 bits per heavy atom. The Morgan fingerprint density at radius 3 is 2.69 bits per heavy atom. The molecule has 0 aliphatic carbocycles. The molecule has 0 aromatic heterocycles. The van der Waals surface area contributed by atoms with Crippen molar-refractivity contribution in [2.24, 2.45) is 5.73 Å². The van der Waals surface area contributed by atoms with Gasteiger partial charge in [0.25, 0.3) is 0 Å². The summed E-state index contributed by atoms with van der Waals surface area (Å²) < 4.78 is 11.2. The van der Waals surface area contributed by atoms with Gasteiger partial charge in [-0.3, -0.25) is 0 Å². The van der Waals surface area contributed by atoms with Gasteiger partial charge in [-0.25, -0.2) is 0 Å². The van der Waals surface area contributed by atoms with Gasteiger partial charge in [0, 0.05) is 5.57 Å². The monoisotopic (exact) mass is 219 g/mol. The van der Waals surface area contributed by atoms with Crippen LogP contribution in [0.4, 0.5) is 0 Å². The van der Waals surface area contributed by atoms with E-state index in [4.69, 9.17) is 15.2 Å². The fourth-order valence-corrected chi connectivity index (χ4v) is 1.64. The SMILES string of the molecule is C=C(c1ccccc1)[C@@H]1OC[C@@H](N)[C@H](C)O1. The Labute approximate surface area is 95.9 Å². The lowest BCUT2D eigenvalue weighted by Gasteiger charge is -2.33. The minimum atomic E-state index is -0.378. The molecule has 3 atom stereocenters. The van der Waals surface area contributed by atoms with E-state index in [9.17, 15) is 0 Å². The van der Waals surface area contributed by atoms with E-state index in [0.29, 0.717) is 6.61 Å². The summed E-state index contributed by atoms with van der Waals surface area (Å²) in [4.78, 5) is 0. The van der Waals surface area contributed by atoms with E-state index in [-0.39, 0.29) is 18.4 Å². The Balaban J connectivity index is 2.06. The molecule has 1 aliphatic heterocycles. The van der Waals surface area contributed by atoms with Gasteiger partial charge < -0.3 is 15.2 Å². The summed E-state index contributed by atoms with van der Waals surface area (Å²) in [6.07, 6.45) is -0.378. The second-order valence-electron chi connectivity index (χ2n) is 4.06. The van der Waals surface area contributed by atoms with Gasteiger partial charge in [0.1, 0.15) is 0 Å². The highest BCUT2D eigenvalue weighted by Gasteiger charge is 2.28. The highest BCUT2D eigenvalue weighted by Crippen LogP contribution is 2.24. The Kier molecular flexibility index (Phi) is 3.39. The van der Waals surface area contributed by atoms with Crippen LogP contribution in [-0.4, -0.2) is 25.0 Å². The average Bonchev–Trinajstić information content (AvgIpc) is 2.33. The van der Waals surface area contributed by atoms with Gasteiger partial charge in [-0.15, -0.1) is 0 Å². The van der Waals surface area contributed by atoms with E-state index in [1.54, 1.807) is 0 Å². The van der Waals surface area contributed by atoms with E-state index >= 15 is 0 Å². The van der Waals surface area contributed by atoms with Crippen LogP contribution in [-0.2, 0) is 9.47 Å². The smallest absolute Gasteiger partial charge is 0.184 e. The summed E-state index contributed by atoms with van der Waals surface area (Å²) in [6.45, 7) is 6.49. The van der Waals surface area contributed by atoms with Crippen LogP contribution in [0, 0.1) is 0 Å². The molecule has 3 heteroatoms. The van der Waals surface area contributed by atoms with Gasteiger partial charge in [-0.2, -0.15) is 0 Å². The highest BCUT2D eigenvalue weighted by molar-refractivity contribution is 5.65. The van der Waals surface area contributed by atoms with Crippen molar-refractivity contribution in [2.45, 2.75) is 25.4 Å². The number of hydrogen-bond acceptors (Lipinski definition) is 3. The summed E-state index contributed by atoms with van der Waals surface area (Å²) in [5.74, 6) is 0. The van der Waals surface area contributed by atoms with Crippen LogP contribution in [0.3, 0.4) is 0 Å². The number of rotatable bonds is 2. The molecular formula is C13H17NO2. The van der Waals surface area contributed by atoms with Crippen molar-refractivity contribution in [3.63, 3.8) is 0 Å². The number of ether oxygens (including phenoxy) is 2. The maximum Gasteiger partial charge on any atom is 0.184 e. The molecule has 1 aromatic rings. The Bertz CT molecular complexity index is 363. The first-order chi connectivity index (χ1) is 7.68. The van der Waals surface area contributed by atoms with Crippen molar-refractivity contribution < 1.29 is 9.47 Å². The lowest BCUT2D eigenvalue weighted by Crippen LogP contribution is -2.47. The average molecular weight is 219 g/mol. The third kappa shape index (κ3) is 2.32. The summed E-state index contributed by atoms with van der Waals surface area (Å²) in [7, 11) is 0. The topological polar surface area (TPSA) is 44.5 Å². The molecule has 0 amide bonds. The minimum absolute atomic E-state index is 0.000729. The first-order valence-corrected chi connectivity index (χ1v) is 5.45. The van der Waals surface area contributed by atoms with Crippen molar-refractivity contribution >= 4 is 5.57 Å². The highest BCUT2D eigenvalue weighted by atomic mass is 16.7. The van der Waals surface area contributed by atoms with Gasteiger partial charge in [0.05, 0.1) is 18.8 Å². The summed E-state index contributed by atoms with van der Waals surface area (Å²) in [5.41, 5.74) is 7.68. The van der Waals surface area contributed by atoms with E-state index in [1.807, 2.05) is 37.3 Å². The molecule has 0 bridgehead atoms. The van der Waals surface area contributed by atoms with Crippen molar-refractivity contribution in [3.05, 3.63) is 42.5 Å². The summed E-state index contributed by atoms with van der Waals surface area (Å²) in [5, 5.41) is 0. The molecule has 1 fully saturated rings. The molecular weight excluding hydrogens is 202 g/mol. The van der Waals surface area contributed by atoms with Crippen LogP contribution in [0.15, 0.2) is 36.9 Å². The largest absolute Gasteiger partial charge is 0.347 e. The van der Waals surface area contributed by atoms with Gasteiger partial charge >= 0.3 is 0 Å².